The zero-order valence-electron chi connectivity index (χ0n) is 16.0. The summed E-state index contributed by atoms with van der Waals surface area (Å²) in [6.07, 6.45) is -2.89. The van der Waals surface area contributed by atoms with E-state index in [1.807, 2.05) is 36.4 Å². The summed E-state index contributed by atoms with van der Waals surface area (Å²) >= 11 is 1.68. The van der Waals surface area contributed by atoms with Gasteiger partial charge in [0.1, 0.15) is 5.75 Å². The summed E-state index contributed by atoms with van der Waals surface area (Å²) in [5, 5.41) is 9.07. The van der Waals surface area contributed by atoms with Crippen molar-refractivity contribution < 1.29 is 17.9 Å². The molecule has 152 valence electrons. The fraction of sp³-hybridized carbons (Fsp3) is 0.130. The molecule has 3 aromatic carbocycles. The fourth-order valence-electron chi connectivity index (χ4n) is 3.18. The van der Waals surface area contributed by atoms with E-state index in [0.717, 1.165) is 28.2 Å². The number of hydrogen-bond acceptors (Lipinski definition) is 4. The molecule has 0 radical (unpaired) electrons. The number of thioether (sulfide) groups is 1. The van der Waals surface area contributed by atoms with E-state index >= 15 is 0 Å². The summed E-state index contributed by atoms with van der Waals surface area (Å²) in [5.74, 6) is 0.966. The molecule has 4 rings (SSSR count). The lowest BCUT2D eigenvalue weighted by Crippen LogP contribution is -2.05. The Morgan fingerprint density at radius 2 is 1.73 bits per heavy atom. The molecule has 1 heterocycles. The number of ether oxygens (including phenoxy) is 1. The Morgan fingerprint density at radius 3 is 2.47 bits per heavy atom. The Morgan fingerprint density at radius 1 is 0.933 bits per heavy atom. The molecule has 0 N–H and O–H groups in total. The molecule has 0 saturated heterocycles. The highest BCUT2D eigenvalue weighted by molar-refractivity contribution is 7.98. The first kappa shape index (κ1) is 20.2. The molecule has 4 aromatic rings. The van der Waals surface area contributed by atoms with Crippen LogP contribution < -0.4 is 4.74 Å². The molecule has 0 amide bonds. The fourth-order valence-corrected chi connectivity index (χ4v) is 4.06. The second kappa shape index (κ2) is 8.36. The van der Waals surface area contributed by atoms with Crippen molar-refractivity contribution in [1.82, 2.24) is 10.2 Å². The molecule has 0 aliphatic carbocycles. The molecule has 0 aliphatic heterocycles. The molecule has 0 saturated carbocycles. The average Bonchev–Trinajstić information content (AvgIpc) is 2.76. The van der Waals surface area contributed by atoms with Crippen molar-refractivity contribution >= 4 is 22.7 Å². The molecule has 3 nitrogen and oxygen atoms in total. The predicted octanol–water partition coefficient (Wildman–Crippen LogP) is 6.62. The highest BCUT2D eigenvalue weighted by atomic mass is 32.2. The summed E-state index contributed by atoms with van der Waals surface area (Å²) in [4.78, 5) is 1.04. The zero-order chi connectivity index (χ0) is 21.1. The van der Waals surface area contributed by atoms with E-state index in [0.29, 0.717) is 16.6 Å². The molecule has 0 atom stereocenters. The summed E-state index contributed by atoms with van der Waals surface area (Å²) in [7, 11) is 1.36. The maximum absolute atomic E-state index is 13.1. The molecule has 1 aromatic heterocycles. The second-order valence-electron chi connectivity index (χ2n) is 6.62. The van der Waals surface area contributed by atoms with E-state index in [9.17, 15) is 13.2 Å². The van der Waals surface area contributed by atoms with E-state index in [2.05, 4.69) is 22.3 Å². The van der Waals surface area contributed by atoms with Gasteiger partial charge in [0.05, 0.1) is 24.4 Å². The van der Waals surface area contributed by atoms with Crippen LogP contribution in [0.15, 0.2) is 77.8 Å². The number of rotatable bonds is 5. The number of hydrogen-bond donors (Lipinski definition) is 0. The first-order chi connectivity index (χ1) is 14.5. The van der Waals surface area contributed by atoms with Gasteiger partial charge in [0.15, 0.2) is 0 Å². The van der Waals surface area contributed by atoms with Gasteiger partial charge in [-0.1, -0.05) is 36.4 Å². The van der Waals surface area contributed by atoms with Crippen LogP contribution in [0.1, 0.15) is 11.1 Å². The van der Waals surface area contributed by atoms with Gasteiger partial charge < -0.3 is 4.74 Å². The molecular formula is C23H17F3N2OS. The maximum Gasteiger partial charge on any atom is 0.416 e. The number of nitrogens with zero attached hydrogens (tertiary/aromatic N) is 2. The minimum atomic E-state index is -4.44. The zero-order valence-corrected chi connectivity index (χ0v) is 16.8. The molecular weight excluding hydrogens is 409 g/mol. The van der Waals surface area contributed by atoms with Crippen LogP contribution in [0, 0.1) is 0 Å². The van der Waals surface area contributed by atoms with Gasteiger partial charge in [0.25, 0.3) is 0 Å². The van der Waals surface area contributed by atoms with Gasteiger partial charge >= 0.3 is 6.18 Å². The minimum Gasteiger partial charge on any atom is -0.496 e. The predicted molar refractivity (Wildman–Crippen MR) is 113 cm³/mol. The van der Waals surface area contributed by atoms with Crippen LogP contribution in [0.4, 0.5) is 13.2 Å². The summed E-state index contributed by atoms with van der Waals surface area (Å²) in [6, 6.07) is 19.5. The topological polar surface area (TPSA) is 35.0 Å². The lowest BCUT2D eigenvalue weighted by molar-refractivity contribution is -0.137. The van der Waals surface area contributed by atoms with Gasteiger partial charge in [-0.2, -0.15) is 23.4 Å². The van der Waals surface area contributed by atoms with Crippen LogP contribution in [-0.2, 0) is 11.9 Å². The molecule has 0 fully saturated rings. The standard InChI is InChI=1S/C23H17F3N2OS/c1-29-22-11-16(23(24,25)26)7-9-19(22)20-13-27-28-21-12-17(8-10-18(20)21)30-14-15-5-3-2-4-6-15/h2-13H,14H2,1H3. The third kappa shape index (κ3) is 4.26. The molecule has 7 heteroatoms. The van der Waals surface area contributed by atoms with Crippen molar-refractivity contribution in [1.29, 1.82) is 0 Å². The lowest BCUT2D eigenvalue weighted by atomic mass is 10.00. The van der Waals surface area contributed by atoms with Crippen molar-refractivity contribution in [2.45, 2.75) is 16.8 Å². The largest absolute Gasteiger partial charge is 0.496 e. The van der Waals surface area contributed by atoms with E-state index in [4.69, 9.17) is 4.74 Å². The van der Waals surface area contributed by atoms with Crippen LogP contribution in [0.25, 0.3) is 22.0 Å². The monoisotopic (exact) mass is 426 g/mol. The number of methoxy groups -OCH3 is 1. The van der Waals surface area contributed by atoms with Crippen molar-refractivity contribution in [3.8, 4) is 16.9 Å². The van der Waals surface area contributed by atoms with Crippen LogP contribution in [0.3, 0.4) is 0 Å². The Hall–Kier alpha value is -3.06. The number of fused-ring (bicyclic) bond motifs is 1. The average molecular weight is 426 g/mol. The van der Waals surface area contributed by atoms with Crippen LogP contribution in [0.5, 0.6) is 5.75 Å². The number of aromatic nitrogens is 2. The van der Waals surface area contributed by atoms with Gasteiger partial charge in [-0.15, -0.1) is 11.8 Å². The Balaban J connectivity index is 1.69. The van der Waals surface area contributed by atoms with Crippen molar-refractivity contribution in [3.63, 3.8) is 0 Å². The lowest BCUT2D eigenvalue weighted by Gasteiger charge is -2.14. The SMILES string of the molecule is COc1cc(C(F)(F)F)ccc1-c1cnnc2cc(SCc3ccccc3)ccc12. The van der Waals surface area contributed by atoms with Crippen LogP contribution >= 0.6 is 11.8 Å². The molecule has 0 spiro atoms. The highest BCUT2D eigenvalue weighted by Crippen LogP contribution is 2.39. The molecule has 0 bridgehead atoms. The Kier molecular flexibility index (Phi) is 5.63. The Bertz CT molecular complexity index is 1180. The second-order valence-corrected chi connectivity index (χ2v) is 7.67. The Labute approximate surface area is 175 Å². The van der Waals surface area contributed by atoms with Crippen LogP contribution in [-0.4, -0.2) is 17.3 Å². The van der Waals surface area contributed by atoms with Gasteiger partial charge in [-0.05, 0) is 35.9 Å². The van der Waals surface area contributed by atoms with Gasteiger partial charge in [-0.3, -0.25) is 0 Å². The first-order valence-electron chi connectivity index (χ1n) is 9.13. The number of alkyl halides is 3. The summed E-state index contributed by atoms with van der Waals surface area (Å²) in [6.45, 7) is 0. The summed E-state index contributed by atoms with van der Waals surface area (Å²) in [5.41, 5.74) is 2.35. The first-order valence-corrected chi connectivity index (χ1v) is 10.1. The van der Waals surface area contributed by atoms with Crippen molar-refractivity contribution in [2.75, 3.05) is 7.11 Å². The third-order valence-corrected chi connectivity index (χ3v) is 5.74. The third-order valence-electron chi connectivity index (χ3n) is 4.68. The molecule has 0 unspecified atom stereocenters. The van der Waals surface area contributed by atoms with E-state index < -0.39 is 11.7 Å². The normalized spacial score (nSPS) is 11.6. The number of halogens is 3. The molecule has 0 aliphatic rings. The smallest absolute Gasteiger partial charge is 0.416 e. The van der Waals surface area contributed by atoms with E-state index in [-0.39, 0.29) is 5.75 Å². The van der Waals surface area contributed by atoms with Crippen molar-refractivity contribution in [3.05, 3.63) is 84.1 Å². The van der Waals surface area contributed by atoms with E-state index in [1.165, 1.54) is 18.7 Å². The van der Waals surface area contributed by atoms with Gasteiger partial charge in [-0.25, -0.2) is 0 Å². The molecule has 30 heavy (non-hydrogen) atoms. The summed E-state index contributed by atoms with van der Waals surface area (Å²) < 4.78 is 44.4. The van der Waals surface area contributed by atoms with E-state index in [1.54, 1.807) is 18.0 Å². The van der Waals surface area contributed by atoms with Crippen LogP contribution in [0.2, 0.25) is 0 Å². The quantitative estimate of drug-likeness (QED) is 0.336. The van der Waals surface area contributed by atoms with Crippen molar-refractivity contribution in [2.24, 2.45) is 0 Å². The maximum atomic E-state index is 13.1. The number of benzene rings is 3. The van der Waals surface area contributed by atoms with Gasteiger partial charge in [0, 0.05) is 27.2 Å². The highest BCUT2D eigenvalue weighted by Gasteiger charge is 2.31. The minimum absolute atomic E-state index is 0.140. The van der Waals surface area contributed by atoms with Gasteiger partial charge in [0.2, 0.25) is 0 Å².